The van der Waals surface area contributed by atoms with Crippen molar-refractivity contribution in [1.82, 2.24) is 14.8 Å². The maximum Gasteiger partial charge on any atom is 0.224 e. The molecule has 0 unspecified atom stereocenters. The lowest BCUT2D eigenvalue weighted by Crippen LogP contribution is -2.03. The number of rotatable bonds is 3. The predicted octanol–water partition coefficient (Wildman–Crippen LogP) is 1.02. The standard InChI is InChI=1S/C8H10N4O/c1-12-6-10-11-8(12)9-4-7-2-3-13-5-7/h2-3,5-6H,4H2,1H3,(H,9,11). The van der Waals surface area contributed by atoms with Crippen LogP contribution in [0.4, 0.5) is 5.95 Å². The predicted molar refractivity (Wildman–Crippen MR) is 47.0 cm³/mol. The third-order valence-corrected chi connectivity index (χ3v) is 1.74. The third kappa shape index (κ3) is 1.69. The number of hydrogen-bond acceptors (Lipinski definition) is 4. The fraction of sp³-hybridized carbons (Fsp3) is 0.250. The van der Waals surface area contributed by atoms with E-state index in [-0.39, 0.29) is 0 Å². The fourth-order valence-electron chi connectivity index (χ4n) is 1.02. The molecule has 0 aromatic carbocycles. The molecule has 5 nitrogen and oxygen atoms in total. The Bertz CT molecular complexity index is 365. The van der Waals surface area contributed by atoms with E-state index in [9.17, 15) is 0 Å². The van der Waals surface area contributed by atoms with Gasteiger partial charge >= 0.3 is 0 Å². The van der Waals surface area contributed by atoms with Crippen molar-refractivity contribution in [2.75, 3.05) is 5.32 Å². The van der Waals surface area contributed by atoms with Gasteiger partial charge in [0.1, 0.15) is 6.33 Å². The van der Waals surface area contributed by atoms with Crippen molar-refractivity contribution in [2.45, 2.75) is 6.54 Å². The van der Waals surface area contributed by atoms with Crippen LogP contribution in [-0.2, 0) is 13.6 Å². The molecular weight excluding hydrogens is 168 g/mol. The second kappa shape index (κ2) is 3.30. The van der Waals surface area contributed by atoms with Gasteiger partial charge in [0.25, 0.3) is 0 Å². The quantitative estimate of drug-likeness (QED) is 0.762. The monoisotopic (exact) mass is 178 g/mol. The molecule has 0 aliphatic heterocycles. The first-order valence-corrected chi connectivity index (χ1v) is 3.95. The van der Waals surface area contributed by atoms with E-state index >= 15 is 0 Å². The van der Waals surface area contributed by atoms with Gasteiger partial charge in [0.2, 0.25) is 5.95 Å². The lowest BCUT2D eigenvalue weighted by Gasteiger charge is -2.01. The Balaban J connectivity index is 1.97. The summed E-state index contributed by atoms with van der Waals surface area (Å²) in [5.74, 6) is 0.751. The van der Waals surface area contributed by atoms with Crippen molar-refractivity contribution in [2.24, 2.45) is 7.05 Å². The minimum absolute atomic E-state index is 0.697. The van der Waals surface area contributed by atoms with E-state index in [1.807, 2.05) is 17.7 Å². The largest absolute Gasteiger partial charge is 0.472 e. The van der Waals surface area contributed by atoms with Gasteiger partial charge in [0.05, 0.1) is 12.5 Å². The van der Waals surface area contributed by atoms with Crippen molar-refractivity contribution in [1.29, 1.82) is 0 Å². The Hall–Kier alpha value is -1.78. The minimum atomic E-state index is 0.697. The number of furan rings is 1. The molecule has 1 N–H and O–H groups in total. The molecule has 13 heavy (non-hydrogen) atoms. The zero-order valence-corrected chi connectivity index (χ0v) is 7.27. The smallest absolute Gasteiger partial charge is 0.224 e. The van der Waals surface area contributed by atoms with Crippen LogP contribution in [0.15, 0.2) is 29.3 Å². The third-order valence-electron chi connectivity index (χ3n) is 1.74. The van der Waals surface area contributed by atoms with Crippen molar-refractivity contribution in [3.8, 4) is 0 Å². The summed E-state index contributed by atoms with van der Waals surface area (Å²) in [6, 6.07) is 1.91. The Morgan fingerprint density at radius 1 is 1.62 bits per heavy atom. The minimum Gasteiger partial charge on any atom is -0.472 e. The Labute approximate surface area is 75.4 Å². The van der Waals surface area contributed by atoms with Gasteiger partial charge < -0.3 is 14.3 Å². The van der Waals surface area contributed by atoms with Gasteiger partial charge in [0, 0.05) is 19.2 Å². The molecule has 0 amide bonds. The lowest BCUT2D eigenvalue weighted by atomic mass is 10.3. The van der Waals surface area contributed by atoms with E-state index in [1.165, 1.54) is 0 Å². The van der Waals surface area contributed by atoms with Gasteiger partial charge in [-0.1, -0.05) is 0 Å². The van der Waals surface area contributed by atoms with Crippen LogP contribution in [0.25, 0.3) is 0 Å². The highest BCUT2D eigenvalue weighted by Gasteiger charge is 1.99. The second-order valence-corrected chi connectivity index (χ2v) is 2.75. The van der Waals surface area contributed by atoms with Crippen LogP contribution in [-0.4, -0.2) is 14.8 Å². The zero-order valence-electron chi connectivity index (χ0n) is 7.27. The lowest BCUT2D eigenvalue weighted by molar-refractivity contribution is 0.564. The van der Waals surface area contributed by atoms with Crippen molar-refractivity contribution >= 4 is 5.95 Å². The van der Waals surface area contributed by atoms with Crippen LogP contribution >= 0.6 is 0 Å². The molecule has 0 bridgehead atoms. The van der Waals surface area contributed by atoms with E-state index in [0.29, 0.717) is 6.54 Å². The summed E-state index contributed by atoms with van der Waals surface area (Å²) in [7, 11) is 1.89. The molecule has 5 heteroatoms. The van der Waals surface area contributed by atoms with Crippen LogP contribution in [0.2, 0.25) is 0 Å². The van der Waals surface area contributed by atoms with Gasteiger partial charge in [-0.3, -0.25) is 0 Å². The molecule has 2 aromatic heterocycles. The summed E-state index contributed by atoms with van der Waals surface area (Å²) >= 11 is 0. The van der Waals surface area contributed by atoms with Gasteiger partial charge in [-0.2, -0.15) is 0 Å². The summed E-state index contributed by atoms with van der Waals surface area (Å²) in [5, 5.41) is 10.8. The number of hydrogen-bond donors (Lipinski definition) is 1. The van der Waals surface area contributed by atoms with Gasteiger partial charge in [-0.15, -0.1) is 10.2 Å². The first kappa shape index (κ1) is 7.85. The van der Waals surface area contributed by atoms with Gasteiger partial charge in [0.15, 0.2) is 0 Å². The van der Waals surface area contributed by atoms with Crippen molar-refractivity contribution in [3.63, 3.8) is 0 Å². The molecule has 2 rings (SSSR count). The van der Waals surface area contributed by atoms with Crippen LogP contribution in [0.5, 0.6) is 0 Å². The van der Waals surface area contributed by atoms with Crippen LogP contribution in [0.3, 0.4) is 0 Å². The highest BCUT2D eigenvalue weighted by atomic mass is 16.3. The SMILES string of the molecule is Cn1cnnc1NCc1ccoc1. The van der Waals surface area contributed by atoms with Gasteiger partial charge in [-0.05, 0) is 6.07 Å². The average molecular weight is 178 g/mol. The Morgan fingerprint density at radius 2 is 2.54 bits per heavy atom. The highest BCUT2D eigenvalue weighted by Crippen LogP contribution is 2.04. The number of aryl methyl sites for hydroxylation is 1. The molecule has 68 valence electrons. The molecule has 0 radical (unpaired) electrons. The molecule has 0 saturated carbocycles. The molecular formula is C8H10N4O. The van der Waals surface area contributed by atoms with Crippen molar-refractivity contribution in [3.05, 3.63) is 30.5 Å². The molecule has 0 fully saturated rings. The van der Waals surface area contributed by atoms with Crippen LogP contribution < -0.4 is 5.32 Å². The Kier molecular flexibility index (Phi) is 1.99. The summed E-state index contributed by atoms with van der Waals surface area (Å²) in [6.45, 7) is 0.697. The topological polar surface area (TPSA) is 55.9 Å². The average Bonchev–Trinajstić information content (AvgIpc) is 2.72. The highest BCUT2D eigenvalue weighted by molar-refractivity contribution is 5.25. The number of nitrogens with one attached hydrogen (secondary N) is 1. The molecule has 2 aromatic rings. The van der Waals surface area contributed by atoms with Crippen LogP contribution in [0, 0.1) is 0 Å². The summed E-state index contributed by atoms with van der Waals surface area (Å²) < 4.78 is 6.75. The summed E-state index contributed by atoms with van der Waals surface area (Å²) in [4.78, 5) is 0. The summed E-state index contributed by atoms with van der Waals surface area (Å²) in [6.07, 6.45) is 4.99. The molecule has 0 saturated heterocycles. The molecule has 0 aliphatic rings. The first-order valence-electron chi connectivity index (χ1n) is 3.95. The van der Waals surface area contributed by atoms with Gasteiger partial charge in [-0.25, -0.2) is 0 Å². The second-order valence-electron chi connectivity index (χ2n) is 2.75. The number of nitrogens with zero attached hydrogens (tertiary/aromatic N) is 3. The molecule has 2 heterocycles. The van der Waals surface area contributed by atoms with E-state index in [1.54, 1.807) is 18.9 Å². The Morgan fingerprint density at radius 3 is 3.15 bits per heavy atom. The molecule has 0 atom stereocenters. The van der Waals surface area contributed by atoms with E-state index in [4.69, 9.17) is 4.42 Å². The van der Waals surface area contributed by atoms with E-state index in [2.05, 4.69) is 15.5 Å². The van der Waals surface area contributed by atoms with Crippen LogP contribution in [0.1, 0.15) is 5.56 Å². The summed E-state index contributed by atoms with van der Waals surface area (Å²) in [5.41, 5.74) is 1.09. The first-order chi connectivity index (χ1) is 6.36. The van der Waals surface area contributed by atoms with E-state index in [0.717, 1.165) is 11.5 Å². The van der Waals surface area contributed by atoms with E-state index < -0.39 is 0 Å². The van der Waals surface area contributed by atoms with Crippen molar-refractivity contribution < 1.29 is 4.42 Å². The maximum atomic E-state index is 4.93. The normalized spacial score (nSPS) is 10.2. The number of anilines is 1. The maximum absolute atomic E-state index is 4.93. The molecule has 0 spiro atoms. The number of aromatic nitrogens is 3. The fourth-order valence-corrected chi connectivity index (χ4v) is 1.02. The molecule has 0 aliphatic carbocycles. The zero-order chi connectivity index (χ0) is 9.10.